The van der Waals surface area contributed by atoms with Gasteiger partial charge in [0.15, 0.2) is 0 Å². The molecule has 2 rings (SSSR count). The molecule has 0 aliphatic heterocycles. The molecule has 0 aliphatic carbocycles. The van der Waals surface area contributed by atoms with E-state index in [4.69, 9.17) is 11.6 Å². The van der Waals surface area contributed by atoms with Gasteiger partial charge in [-0.25, -0.2) is 4.79 Å². The van der Waals surface area contributed by atoms with E-state index in [2.05, 4.69) is 0 Å². The summed E-state index contributed by atoms with van der Waals surface area (Å²) < 4.78 is 38.2. The number of carbonyl (C=O) groups is 1. The van der Waals surface area contributed by atoms with E-state index in [1.54, 1.807) is 0 Å². The molecule has 1 N–H and O–H groups in total. The molecule has 0 bridgehead atoms. The summed E-state index contributed by atoms with van der Waals surface area (Å²) in [5, 5.41) is 20.9. The Morgan fingerprint density at radius 1 is 1.16 bits per heavy atom. The second-order valence-corrected chi connectivity index (χ2v) is 5.34. The molecule has 0 saturated heterocycles. The molecule has 0 radical (unpaired) electrons. The van der Waals surface area contributed by atoms with Crippen molar-refractivity contribution in [2.24, 2.45) is 0 Å². The zero-order valence-electron chi connectivity index (χ0n) is 12.2. The van der Waals surface area contributed by atoms with Gasteiger partial charge in [0.25, 0.3) is 5.69 Å². The van der Waals surface area contributed by atoms with Crippen molar-refractivity contribution >= 4 is 34.9 Å². The highest BCUT2D eigenvalue weighted by Gasteiger charge is 2.34. The van der Waals surface area contributed by atoms with Crippen LogP contribution in [0.3, 0.4) is 0 Å². The lowest BCUT2D eigenvalue weighted by atomic mass is 9.99. The van der Waals surface area contributed by atoms with Crippen LogP contribution in [0.15, 0.2) is 42.5 Å². The van der Waals surface area contributed by atoms with Crippen molar-refractivity contribution in [1.29, 1.82) is 0 Å². The van der Waals surface area contributed by atoms with Gasteiger partial charge < -0.3 is 5.11 Å². The van der Waals surface area contributed by atoms with Gasteiger partial charge in [-0.1, -0.05) is 23.7 Å². The van der Waals surface area contributed by atoms with Gasteiger partial charge in [0.1, 0.15) is 0 Å². The highest BCUT2D eigenvalue weighted by molar-refractivity contribution is 6.30. The number of nitrogens with zero attached hydrogens (tertiary/aromatic N) is 1. The molecule has 5 nitrogen and oxygen atoms in total. The summed E-state index contributed by atoms with van der Waals surface area (Å²) in [6.45, 7) is 0. The van der Waals surface area contributed by atoms with E-state index >= 15 is 0 Å². The average molecular weight is 372 g/mol. The fourth-order valence-electron chi connectivity index (χ4n) is 2.07. The second kappa shape index (κ2) is 6.94. The van der Waals surface area contributed by atoms with E-state index in [0.717, 1.165) is 12.1 Å². The second-order valence-electron chi connectivity index (χ2n) is 4.90. The minimum Gasteiger partial charge on any atom is -0.478 e. The van der Waals surface area contributed by atoms with Crippen LogP contribution in [0.25, 0.3) is 11.6 Å². The number of rotatable bonds is 4. The van der Waals surface area contributed by atoms with E-state index in [1.165, 1.54) is 24.3 Å². The molecule has 130 valence electrons. The van der Waals surface area contributed by atoms with Crippen LogP contribution in [0.2, 0.25) is 5.02 Å². The molecular formula is C16H9ClF3NO4. The van der Waals surface area contributed by atoms with Crippen molar-refractivity contribution in [2.45, 2.75) is 6.18 Å². The minimum absolute atomic E-state index is 0.313. The maximum atomic E-state index is 12.7. The molecule has 0 aromatic heterocycles. The Hall–Kier alpha value is -2.87. The van der Waals surface area contributed by atoms with Gasteiger partial charge in [0.2, 0.25) is 0 Å². The maximum Gasteiger partial charge on any atom is 0.416 e. The van der Waals surface area contributed by atoms with Crippen molar-refractivity contribution < 1.29 is 28.0 Å². The molecule has 2 aromatic carbocycles. The number of nitro groups is 1. The number of nitro benzene ring substituents is 1. The standard InChI is InChI=1S/C16H9ClF3NO4/c17-11-4-1-9(2-5-11)7-13(15(22)23)12-6-3-10(16(18,19)20)8-14(12)21(24)25/h1-8H,(H,22,23)/b13-7+. The maximum absolute atomic E-state index is 12.7. The Morgan fingerprint density at radius 3 is 2.24 bits per heavy atom. The topological polar surface area (TPSA) is 80.4 Å². The highest BCUT2D eigenvalue weighted by Crippen LogP contribution is 2.35. The third-order valence-electron chi connectivity index (χ3n) is 3.22. The highest BCUT2D eigenvalue weighted by atomic mass is 35.5. The third-order valence-corrected chi connectivity index (χ3v) is 3.48. The summed E-state index contributed by atoms with van der Waals surface area (Å²) in [6.07, 6.45) is -3.67. The van der Waals surface area contributed by atoms with Crippen molar-refractivity contribution in [3.8, 4) is 0 Å². The lowest BCUT2D eigenvalue weighted by Gasteiger charge is -2.09. The van der Waals surface area contributed by atoms with Crippen LogP contribution in [0.5, 0.6) is 0 Å². The predicted molar refractivity (Wildman–Crippen MR) is 85.1 cm³/mol. The largest absolute Gasteiger partial charge is 0.478 e. The van der Waals surface area contributed by atoms with Gasteiger partial charge >= 0.3 is 12.1 Å². The zero-order valence-corrected chi connectivity index (χ0v) is 13.0. The zero-order chi connectivity index (χ0) is 18.8. The number of benzene rings is 2. The summed E-state index contributed by atoms with van der Waals surface area (Å²) in [5.74, 6) is -1.52. The Balaban J connectivity index is 2.64. The van der Waals surface area contributed by atoms with Gasteiger partial charge in [-0.3, -0.25) is 10.1 Å². The molecule has 25 heavy (non-hydrogen) atoms. The van der Waals surface area contributed by atoms with E-state index in [9.17, 15) is 33.2 Å². The first-order valence-corrected chi connectivity index (χ1v) is 7.04. The van der Waals surface area contributed by atoms with Crippen molar-refractivity contribution in [3.05, 3.63) is 74.3 Å². The molecule has 0 unspecified atom stereocenters. The Labute approximate surface area is 144 Å². The molecule has 0 atom stereocenters. The summed E-state index contributed by atoms with van der Waals surface area (Å²) in [7, 11) is 0. The van der Waals surface area contributed by atoms with Crippen LogP contribution in [0.1, 0.15) is 16.7 Å². The van der Waals surface area contributed by atoms with Crippen molar-refractivity contribution in [1.82, 2.24) is 0 Å². The molecule has 0 saturated carbocycles. The van der Waals surface area contributed by atoms with Crippen LogP contribution in [0, 0.1) is 10.1 Å². The number of hydrogen-bond acceptors (Lipinski definition) is 3. The molecular weight excluding hydrogens is 363 g/mol. The van der Waals surface area contributed by atoms with Crippen LogP contribution in [-0.4, -0.2) is 16.0 Å². The van der Waals surface area contributed by atoms with E-state index < -0.39 is 39.5 Å². The predicted octanol–water partition coefficient (Wildman–Crippen LogP) is 4.89. The average Bonchev–Trinajstić information content (AvgIpc) is 2.52. The molecule has 0 amide bonds. The summed E-state index contributed by atoms with van der Waals surface area (Å²) in [5.41, 5.74) is -2.75. The number of alkyl halides is 3. The smallest absolute Gasteiger partial charge is 0.416 e. The molecule has 9 heteroatoms. The van der Waals surface area contributed by atoms with E-state index in [1.807, 2.05) is 0 Å². The molecule has 2 aromatic rings. The fraction of sp³-hybridized carbons (Fsp3) is 0.0625. The van der Waals surface area contributed by atoms with Crippen LogP contribution >= 0.6 is 11.6 Å². The van der Waals surface area contributed by atoms with E-state index in [-0.39, 0.29) is 0 Å². The number of carboxylic acid groups (broad SMARTS) is 1. The summed E-state index contributed by atoms with van der Waals surface area (Å²) in [6, 6.07) is 7.59. The third kappa shape index (κ3) is 4.36. The lowest BCUT2D eigenvalue weighted by molar-refractivity contribution is -0.385. The molecule has 0 heterocycles. The normalized spacial score (nSPS) is 12.1. The van der Waals surface area contributed by atoms with Crippen LogP contribution in [-0.2, 0) is 11.0 Å². The fourth-order valence-corrected chi connectivity index (χ4v) is 2.19. The number of hydrogen-bond donors (Lipinski definition) is 1. The molecule has 0 spiro atoms. The first kappa shape index (κ1) is 18.5. The summed E-state index contributed by atoms with van der Waals surface area (Å²) in [4.78, 5) is 21.6. The van der Waals surface area contributed by atoms with Gasteiger partial charge in [-0.2, -0.15) is 13.2 Å². The first-order chi connectivity index (χ1) is 11.6. The number of carboxylic acids is 1. The Morgan fingerprint density at radius 2 is 1.76 bits per heavy atom. The molecule has 0 aliphatic rings. The Kier molecular flexibility index (Phi) is 5.13. The lowest BCUT2D eigenvalue weighted by Crippen LogP contribution is -2.08. The summed E-state index contributed by atoms with van der Waals surface area (Å²) >= 11 is 5.72. The molecule has 0 fully saturated rings. The number of halogens is 4. The Bertz CT molecular complexity index is 861. The van der Waals surface area contributed by atoms with Crippen molar-refractivity contribution in [3.63, 3.8) is 0 Å². The number of aliphatic carboxylic acids is 1. The SMILES string of the molecule is O=C(O)/C(=C/c1ccc(Cl)cc1)c1ccc(C(F)(F)F)cc1[N+](=O)[O-]. The monoisotopic (exact) mass is 371 g/mol. The van der Waals surface area contributed by atoms with Gasteiger partial charge in [0.05, 0.1) is 21.6 Å². The van der Waals surface area contributed by atoms with Crippen LogP contribution in [0.4, 0.5) is 18.9 Å². The van der Waals surface area contributed by atoms with Gasteiger partial charge in [-0.15, -0.1) is 0 Å². The van der Waals surface area contributed by atoms with Crippen LogP contribution < -0.4 is 0 Å². The van der Waals surface area contributed by atoms with E-state index in [0.29, 0.717) is 22.7 Å². The van der Waals surface area contributed by atoms with Crippen molar-refractivity contribution in [2.75, 3.05) is 0 Å². The first-order valence-electron chi connectivity index (χ1n) is 6.66. The van der Waals surface area contributed by atoms with Gasteiger partial charge in [0, 0.05) is 11.1 Å². The quantitative estimate of drug-likeness (QED) is 0.359. The minimum atomic E-state index is -4.79. The van der Waals surface area contributed by atoms with Gasteiger partial charge in [-0.05, 0) is 35.9 Å².